The Hall–Kier alpha value is -2.68. The van der Waals surface area contributed by atoms with Crippen molar-refractivity contribution < 1.29 is 17.6 Å². The normalized spacial score (nSPS) is 11.8. The first-order chi connectivity index (χ1) is 14.2. The Morgan fingerprint density at radius 1 is 1.13 bits per heavy atom. The molecule has 30 heavy (non-hydrogen) atoms. The number of hydrogen-bond acceptors (Lipinski definition) is 5. The summed E-state index contributed by atoms with van der Waals surface area (Å²) in [6.45, 7) is 3.71. The monoisotopic (exact) mass is 447 g/mol. The van der Waals surface area contributed by atoms with Crippen LogP contribution in [0.3, 0.4) is 0 Å². The molecule has 0 aliphatic rings. The molecule has 1 amide bonds. The van der Waals surface area contributed by atoms with Gasteiger partial charge < -0.3 is 9.73 Å². The summed E-state index contributed by atoms with van der Waals surface area (Å²) in [5.41, 5.74) is 1.32. The average molecular weight is 448 g/mol. The zero-order valence-electron chi connectivity index (χ0n) is 16.8. The van der Waals surface area contributed by atoms with Crippen molar-refractivity contribution in [3.8, 4) is 11.5 Å². The molecule has 9 heteroatoms. The molecule has 0 fully saturated rings. The Morgan fingerprint density at radius 2 is 1.77 bits per heavy atom. The summed E-state index contributed by atoms with van der Waals surface area (Å²) in [6, 6.07) is 12.7. The molecular formula is C21H22ClN3O4S. The molecule has 0 aliphatic heterocycles. The van der Waals surface area contributed by atoms with E-state index >= 15 is 0 Å². The number of amides is 1. The molecule has 1 heterocycles. The van der Waals surface area contributed by atoms with E-state index < -0.39 is 15.9 Å². The number of anilines is 1. The molecule has 3 aromatic rings. The number of likely N-dealkylation sites (N-methyl/N-ethyl adjacent to an activating group) is 1. The van der Waals surface area contributed by atoms with Crippen LogP contribution in [0.15, 0.2) is 64.0 Å². The minimum absolute atomic E-state index is 0.0678. The van der Waals surface area contributed by atoms with Gasteiger partial charge in [0.05, 0.1) is 17.6 Å². The smallest absolute Gasteiger partial charge is 0.243 e. The molecule has 1 aromatic heterocycles. The highest BCUT2D eigenvalue weighted by molar-refractivity contribution is 7.89. The van der Waals surface area contributed by atoms with Gasteiger partial charge in [-0.2, -0.15) is 4.31 Å². The van der Waals surface area contributed by atoms with Crippen molar-refractivity contribution in [2.24, 2.45) is 0 Å². The molecule has 3 rings (SSSR count). The highest BCUT2D eigenvalue weighted by Gasteiger charge is 2.23. The van der Waals surface area contributed by atoms with E-state index in [1.165, 1.54) is 31.3 Å². The van der Waals surface area contributed by atoms with Crippen LogP contribution in [0.25, 0.3) is 11.5 Å². The van der Waals surface area contributed by atoms with Crippen molar-refractivity contribution in [3.63, 3.8) is 0 Å². The molecule has 0 spiro atoms. The van der Waals surface area contributed by atoms with Crippen LogP contribution in [0, 0.1) is 0 Å². The largest absolute Gasteiger partial charge is 0.441 e. The number of sulfonamides is 1. The van der Waals surface area contributed by atoms with Crippen LogP contribution < -0.4 is 5.32 Å². The fourth-order valence-corrected chi connectivity index (χ4v) is 3.91. The Bertz CT molecular complexity index is 1120. The van der Waals surface area contributed by atoms with E-state index in [0.717, 1.165) is 15.6 Å². The number of nitrogens with one attached hydrogen (secondary N) is 1. The number of halogens is 1. The lowest BCUT2D eigenvalue weighted by Gasteiger charge is -2.17. The summed E-state index contributed by atoms with van der Waals surface area (Å²) < 4.78 is 31.8. The summed E-state index contributed by atoms with van der Waals surface area (Å²) in [6.07, 6.45) is 1.70. The number of hydrogen-bond donors (Lipinski definition) is 1. The Morgan fingerprint density at radius 3 is 2.33 bits per heavy atom. The van der Waals surface area contributed by atoms with Crippen LogP contribution in [0.5, 0.6) is 0 Å². The van der Waals surface area contributed by atoms with Crippen LogP contribution >= 0.6 is 11.6 Å². The Balaban J connectivity index is 1.63. The van der Waals surface area contributed by atoms with Crippen molar-refractivity contribution in [2.75, 3.05) is 18.9 Å². The van der Waals surface area contributed by atoms with Gasteiger partial charge in [-0.05, 0) is 48.5 Å². The van der Waals surface area contributed by atoms with Gasteiger partial charge in [-0.15, -0.1) is 0 Å². The number of carbonyl (C=O) groups is 1. The standard InChI is InChI=1S/C21H22ClN3O4S/c1-14(2)19-12-23-21(29-19)15-4-8-17(9-5-15)24-20(26)13-25(3)30(27,28)18-10-6-16(22)7-11-18/h4-12,14H,13H2,1-3H3,(H,24,26). The molecule has 7 nitrogen and oxygen atoms in total. The molecular weight excluding hydrogens is 426 g/mol. The number of rotatable bonds is 7. The first kappa shape index (κ1) is 22.0. The summed E-state index contributed by atoms with van der Waals surface area (Å²) >= 11 is 5.80. The van der Waals surface area contributed by atoms with Gasteiger partial charge in [0.1, 0.15) is 5.76 Å². The van der Waals surface area contributed by atoms with Crippen LogP contribution in [0.1, 0.15) is 25.5 Å². The molecule has 0 saturated heterocycles. The number of carbonyl (C=O) groups excluding carboxylic acids is 1. The van der Waals surface area contributed by atoms with Crippen molar-refractivity contribution in [1.82, 2.24) is 9.29 Å². The van der Waals surface area contributed by atoms with E-state index in [2.05, 4.69) is 10.3 Å². The molecule has 0 bridgehead atoms. The predicted octanol–water partition coefficient (Wildman–Crippen LogP) is 4.38. The lowest BCUT2D eigenvalue weighted by molar-refractivity contribution is -0.116. The topological polar surface area (TPSA) is 92.5 Å². The quantitative estimate of drug-likeness (QED) is 0.580. The zero-order valence-corrected chi connectivity index (χ0v) is 18.4. The number of nitrogens with zero attached hydrogens (tertiary/aromatic N) is 2. The van der Waals surface area contributed by atoms with Gasteiger partial charge in [0.15, 0.2) is 0 Å². The van der Waals surface area contributed by atoms with Gasteiger partial charge in [0.2, 0.25) is 21.8 Å². The van der Waals surface area contributed by atoms with Gasteiger partial charge >= 0.3 is 0 Å². The first-order valence-corrected chi connectivity index (χ1v) is 11.1. The van der Waals surface area contributed by atoms with Crippen molar-refractivity contribution >= 4 is 33.2 Å². The number of benzene rings is 2. The fourth-order valence-electron chi connectivity index (χ4n) is 2.66. The van der Waals surface area contributed by atoms with Gasteiger partial charge in [0.25, 0.3) is 0 Å². The second-order valence-electron chi connectivity index (χ2n) is 7.06. The minimum atomic E-state index is -3.80. The van der Waals surface area contributed by atoms with Crippen LogP contribution in [0.4, 0.5) is 5.69 Å². The molecule has 0 saturated carbocycles. The highest BCUT2D eigenvalue weighted by atomic mass is 35.5. The summed E-state index contributed by atoms with van der Waals surface area (Å²) in [4.78, 5) is 16.7. The van der Waals surface area contributed by atoms with E-state index in [1.807, 2.05) is 13.8 Å². The van der Waals surface area contributed by atoms with E-state index in [0.29, 0.717) is 16.6 Å². The molecule has 0 atom stereocenters. The zero-order chi connectivity index (χ0) is 21.9. The van der Waals surface area contributed by atoms with Crippen LogP contribution in [-0.4, -0.2) is 37.2 Å². The SMILES string of the molecule is CC(C)c1cnc(-c2ccc(NC(=O)CN(C)S(=O)(=O)c3ccc(Cl)cc3)cc2)o1. The molecule has 2 aromatic carbocycles. The third-order valence-corrected chi connectivity index (χ3v) is 6.47. The lowest BCUT2D eigenvalue weighted by atomic mass is 10.2. The van der Waals surface area contributed by atoms with Crippen molar-refractivity contribution in [2.45, 2.75) is 24.7 Å². The van der Waals surface area contributed by atoms with E-state index in [4.69, 9.17) is 16.0 Å². The highest BCUT2D eigenvalue weighted by Crippen LogP contribution is 2.24. The molecule has 0 unspecified atom stereocenters. The summed E-state index contributed by atoms with van der Waals surface area (Å²) in [5.74, 6) is 1.09. The third kappa shape index (κ3) is 5.08. The minimum Gasteiger partial charge on any atom is -0.441 e. The van der Waals surface area contributed by atoms with Gasteiger partial charge in [0, 0.05) is 29.2 Å². The molecule has 158 valence electrons. The van der Waals surface area contributed by atoms with Crippen LogP contribution in [-0.2, 0) is 14.8 Å². The number of aromatic nitrogens is 1. The van der Waals surface area contributed by atoms with Gasteiger partial charge in [-0.25, -0.2) is 13.4 Å². The van der Waals surface area contributed by atoms with Gasteiger partial charge in [-0.1, -0.05) is 25.4 Å². The predicted molar refractivity (Wildman–Crippen MR) is 116 cm³/mol. The van der Waals surface area contributed by atoms with Crippen LogP contribution in [0.2, 0.25) is 5.02 Å². The maximum absolute atomic E-state index is 12.6. The third-order valence-electron chi connectivity index (χ3n) is 4.40. The summed E-state index contributed by atoms with van der Waals surface area (Å²) in [5, 5.41) is 3.12. The summed E-state index contributed by atoms with van der Waals surface area (Å²) in [7, 11) is -2.45. The fraction of sp³-hybridized carbons (Fsp3) is 0.238. The van der Waals surface area contributed by atoms with Gasteiger partial charge in [-0.3, -0.25) is 4.79 Å². The molecule has 1 N–H and O–H groups in total. The first-order valence-electron chi connectivity index (χ1n) is 9.24. The maximum atomic E-state index is 12.6. The van der Waals surface area contributed by atoms with E-state index in [9.17, 15) is 13.2 Å². The Kier molecular flexibility index (Phi) is 6.60. The number of oxazole rings is 1. The second-order valence-corrected chi connectivity index (χ2v) is 9.54. The lowest BCUT2D eigenvalue weighted by Crippen LogP contribution is -2.34. The Labute approximate surface area is 180 Å². The average Bonchev–Trinajstić information content (AvgIpc) is 3.19. The second kappa shape index (κ2) is 8.99. The maximum Gasteiger partial charge on any atom is 0.243 e. The molecule has 0 aliphatic carbocycles. The van der Waals surface area contributed by atoms with E-state index in [1.54, 1.807) is 30.5 Å². The van der Waals surface area contributed by atoms with Crippen molar-refractivity contribution in [3.05, 3.63) is 65.5 Å². The molecule has 0 radical (unpaired) electrons. The van der Waals surface area contributed by atoms with Crippen molar-refractivity contribution in [1.29, 1.82) is 0 Å². The van der Waals surface area contributed by atoms with E-state index in [-0.39, 0.29) is 17.4 Å².